The molecule has 2 rings (SSSR count). The smallest absolute Gasteiger partial charge is 0.155 e. The van der Waals surface area contributed by atoms with Gasteiger partial charge in [0.05, 0.1) is 0 Å². The molecule has 0 unspecified atom stereocenters. The molecule has 0 saturated carbocycles. The Morgan fingerprint density at radius 2 is 2.00 bits per heavy atom. The largest absolute Gasteiger partial charge is 0.360 e. The molecule has 0 radical (unpaired) electrons. The molecule has 2 N–H and O–H groups in total. The van der Waals surface area contributed by atoms with Crippen LogP contribution in [0.2, 0.25) is 0 Å². The predicted molar refractivity (Wildman–Crippen MR) is 73.3 cm³/mol. The van der Waals surface area contributed by atoms with Crippen molar-refractivity contribution in [3.8, 4) is 12.1 Å². The standard InChI is InChI=1S/C14H12N6/c1-10-18-14(20-19-10)6-11-2-4-13(5-3-11)17-9-12(7-15)8-16/h2-5,9,17H,6H2,1H3,(H,18,19,20). The van der Waals surface area contributed by atoms with Gasteiger partial charge >= 0.3 is 0 Å². The summed E-state index contributed by atoms with van der Waals surface area (Å²) in [5.74, 6) is 1.54. The van der Waals surface area contributed by atoms with E-state index in [1.165, 1.54) is 6.20 Å². The molecule has 1 heterocycles. The van der Waals surface area contributed by atoms with Crippen LogP contribution in [0, 0.1) is 29.6 Å². The highest BCUT2D eigenvalue weighted by Crippen LogP contribution is 2.12. The van der Waals surface area contributed by atoms with Gasteiger partial charge in [0.25, 0.3) is 0 Å². The normalized spacial score (nSPS) is 9.35. The van der Waals surface area contributed by atoms with E-state index in [0.717, 1.165) is 22.9 Å². The molecule has 2 aromatic rings. The number of aromatic nitrogens is 3. The first-order chi connectivity index (χ1) is 9.71. The van der Waals surface area contributed by atoms with E-state index in [0.29, 0.717) is 6.42 Å². The van der Waals surface area contributed by atoms with Crippen molar-refractivity contribution in [1.29, 1.82) is 10.5 Å². The van der Waals surface area contributed by atoms with Crippen LogP contribution in [0.5, 0.6) is 0 Å². The lowest BCUT2D eigenvalue weighted by molar-refractivity contribution is 0.969. The Balaban J connectivity index is 2.02. The summed E-state index contributed by atoms with van der Waals surface area (Å²) in [6, 6.07) is 11.2. The second kappa shape index (κ2) is 6.17. The number of H-pyrrole nitrogens is 1. The molecule has 0 spiro atoms. The Morgan fingerprint density at radius 1 is 1.30 bits per heavy atom. The highest BCUT2D eigenvalue weighted by molar-refractivity contribution is 5.50. The molecule has 6 nitrogen and oxygen atoms in total. The zero-order valence-corrected chi connectivity index (χ0v) is 10.9. The lowest BCUT2D eigenvalue weighted by Crippen LogP contribution is -1.93. The summed E-state index contributed by atoms with van der Waals surface area (Å²) in [5, 5.41) is 27.0. The van der Waals surface area contributed by atoms with Crippen LogP contribution in [0.4, 0.5) is 5.69 Å². The van der Waals surface area contributed by atoms with Crippen molar-refractivity contribution in [2.75, 3.05) is 5.32 Å². The summed E-state index contributed by atoms with van der Waals surface area (Å²) in [6.07, 6.45) is 2.04. The summed E-state index contributed by atoms with van der Waals surface area (Å²) >= 11 is 0. The summed E-state index contributed by atoms with van der Waals surface area (Å²) in [7, 11) is 0. The van der Waals surface area contributed by atoms with E-state index in [4.69, 9.17) is 10.5 Å². The Morgan fingerprint density at radius 3 is 2.55 bits per heavy atom. The number of aryl methyl sites for hydroxylation is 1. The molecule has 0 aliphatic heterocycles. The quantitative estimate of drug-likeness (QED) is 0.823. The zero-order chi connectivity index (χ0) is 14.4. The van der Waals surface area contributed by atoms with E-state index in [1.54, 1.807) is 12.1 Å². The molecule has 0 amide bonds. The monoisotopic (exact) mass is 264 g/mol. The molecule has 0 bridgehead atoms. The average molecular weight is 264 g/mol. The second-order valence-corrected chi connectivity index (χ2v) is 4.14. The van der Waals surface area contributed by atoms with E-state index in [-0.39, 0.29) is 5.57 Å². The molecule has 0 aliphatic rings. The highest BCUT2D eigenvalue weighted by Gasteiger charge is 2.01. The second-order valence-electron chi connectivity index (χ2n) is 4.14. The lowest BCUT2D eigenvalue weighted by atomic mass is 10.1. The maximum atomic E-state index is 8.62. The van der Waals surface area contributed by atoms with Crippen LogP contribution < -0.4 is 5.32 Å². The molecule has 6 heteroatoms. The van der Waals surface area contributed by atoms with E-state index in [2.05, 4.69) is 20.5 Å². The van der Waals surface area contributed by atoms with Crippen molar-refractivity contribution in [2.45, 2.75) is 13.3 Å². The zero-order valence-electron chi connectivity index (χ0n) is 10.9. The Bertz CT molecular complexity index is 681. The van der Waals surface area contributed by atoms with Gasteiger partial charge in [-0.25, -0.2) is 4.98 Å². The van der Waals surface area contributed by atoms with Gasteiger partial charge in [-0.1, -0.05) is 12.1 Å². The fourth-order valence-corrected chi connectivity index (χ4v) is 1.61. The fourth-order valence-electron chi connectivity index (χ4n) is 1.61. The van der Waals surface area contributed by atoms with Gasteiger partial charge in [0, 0.05) is 18.3 Å². The van der Waals surface area contributed by atoms with Crippen molar-refractivity contribution in [3.63, 3.8) is 0 Å². The van der Waals surface area contributed by atoms with E-state index in [9.17, 15) is 0 Å². The molecule has 20 heavy (non-hydrogen) atoms. The van der Waals surface area contributed by atoms with Gasteiger partial charge in [-0.2, -0.15) is 15.6 Å². The Kier molecular flexibility index (Phi) is 4.10. The van der Waals surface area contributed by atoms with Crippen molar-refractivity contribution in [3.05, 3.63) is 53.3 Å². The third-order valence-electron chi connectivity index (χ3n) is 2.58. The first kappa shape index (κ1) is 13.3. The minimum Gasteiger partial charge on any atom is -0.360 e. The van der Waals surface area contributed by atoms with Gasteiger partial charge < -0.3 is 5.32 Å². The molecule has 1 aromatic carbocycles. The topological polar surface area (TPSA) is 101 Å². The number of benzene rings is 1. The van der Waals surface area contributed by atoms with E-state index in [1.807, 2.05) is 31.2 Å². The van der Waals surface area contributed by atoms with Crippen LogP contribution in [-0.2, 0) is 6.42 Å². The maximum Gasteiger partial charge on any atom is 0.155 e. The minimum atomic E-state index is 0.0327. The van der Waals surface area contributed by atoms with Gasteiger partial charge in [0.1, 0.15) is 23.5 Å². The van der Waals surface area contributed by atoms with Crippen LogP contribution in [0.15, 0.2) is 36.0 Å². The van der Waals surface area contributed by atoms with Crippen molar-refractivity contribution < 1.29 is 0 Å². The summed E-state index contributed by atoms with van der Waals surface area (Å²) in [6.45, 7) is 1.86. The van der Waals surface area contributed by atoms with Crippen molar-refractivity contribution in [2.24, 2.45) is 0 Å². The highest BCUT2D eigenvalue weighted by atomic mass is 15.2. The van der Waals surface area contributed by atoms with Gasteiger partial charge in [-0.05, 0) is 24.6 Å². The molecule has 98 valence electrons. The van der Waals surface area contributed by atoms with E-state index >= 15 is 0 Å². The molecule has 0 saturated heterocycles. The average Bonchev–Trinajstić information content (AvgIpc) is 2.87. The molecule has 0 atom stereocenters. The number of nitrogens with zero attached hydrogens (tertiary/aromatic N) is 4. The van der Waals surface area contributed by atoms with Gasteiger partial charge in [-0.3, -0.25) is 5.10 Å². The Labute approximate surface area is 116 Å². The first-order valence-electron chi connectivity index (χ1n) is 5.95. The number of anilines is 1. The number of hydrogen-bond donors (Lipinski definition) is 2. The Hall–Kier alpha value is -3.12. The van der Waals surface area contributed by atoms with E-state index < -0.39 is 0 Å². The van der Waals surface area contributed by atoms with Crippen LogP contribution in [0.1, 0.15) is 17.2 Å². The summed E-state index contributed by atoms with van der Waals surface area (Å²) in [5.41, 5.74) is 1.92. The number of rotatable bonds is 4. The van der Waals surface area contributed by atoms with Crippen LogP contribution in [-0.4, -0.2) is 15.2 Å². The number of allylic oxidation sites excluding steroid dienone is 1. The minimum absolute atomic E-state index is 0.0327. The predicted octanol–water partition coefficient (Wildman–Crippen LogP) is 2.05. The number of nitriles is 2. The van der Waals surface area contributed by atoms with Crippen LogP contribution >= 0.6 is 0 Å². The third kappa shape index (κ3) is 3.44. The fraction of sp³-hybridized carbons (Fsp3) is 0.143. The van der Waals surface area contributed by atoms with Crippen LogP contribution in [0.25, 0.3) is 0 Å². The molecule has 1 aromatic heterocycles. The third-order valence-corrected chi connectivity index (χ3v) is 2.58. The van der Waals surface area contributed by atoms with Gasteiger partial charge in [0.15, 0.2) is 5.82 Å². The summed E-state index contributed by atoms with van der Waals surface area (Å²) in [4.78, 5) is 4.25. The van der Waals surface area contributed by atoms with Gasteiger partial charge in [-0.15, -0.1) is 0 Å². The summed E-state index contributed by atoms with van der Waals surface area (Å²) < 4.78 is 0. The first-order valence-corrected chi connectivity index (χ1v) is 5.95. The lowest BCUT2D eigenvalue weighted by Gasteiger charge is -2.02. The SMILES string of the molecule is Cc1nc(Cc2ccc(NC=C(C#N)C#N)cc2)n[nH]1. The van der Waals surface area contributed by atoms with Crippen LogP contribution in [0.3, 0.4) is 0 Å². The van der Waals surface area contributed by atoms with Crippen molar-refractivity contribution >= 4 is 5.69 Å². The molecule has 0 aliphatic carbocycles. The molecular weight excluding hydrogens is 252 g/mol. The number of hydrogen-bond acceptors (Lipinski definition) is 5. The maximum absolute atomic E-state index is 8.62. The van der Waals surface area contributed by atoms with Crippen molar-refractivity contribution in [1.82, 2.24) is 15.2 Å². The van der Waals surface area contributed by atoms with Gasteiger partial charge in [0.2, 0.25) is 0 Å². The number of nitrogens with one attached hydrogen (secondary N) is 2. The molecular formula is C14H12N6. The number of aromatic amines is 1. The molecule has 0 fully saturated rings.